The predicted octanol–water partition coefficient (Wildman–Crippen LogP) is 5.75. The summed E-state index contributed by atoms with van der Waals surface area (Å²) in [4.78, 5) is 12.3. The van der Waals surface area contributed by atoms with Crippen LogP contribution in [0.5, 0.6) is 0 Å². The van der Waals surface area contributed by atoms with Crippen molar-refractivity contribution < 1.29 is 9.53 Å². The molecule has 0 spiro atoms. The Morgan fingerprint density at radius 3 is 2.36 bits per heavy atom. The molecule has 0 unspecified atom stereocenters. The fraction of sp³-hybridized carbons (Fsp3) is 0.421. The number of hydrogen-bond donors (Lipinski definition) is 1. The van der Waals surface area contributed by atoms with Crippen molar-refractivity contribution in [2.45, 2.75) is 52.1 Å². The maximum atomic E-state index is 12.3. The smallest absolute Gasteiger partial charge is 0.412 e. The van der Waals surface area contributed by atoms with E-state index in [1.54, 1.807) is 0 Å². The number of ether oxygens (including phenoxy) is 1. The van der Waals surface area contributed by atoms with Gasteiger partial charge in [-0.05, 0) is 31.2 Å². The number of benzene rings is 2. The first kappa shape index (κ1) is 16.3. The van der Waals surface area contributed by atoms with Gasteiger partial charge in [-0.1, -0.05) is 63.1 Å². The summed E-state index contributed by atoms with van der Waals surface area (Å²) >= 11 is 0. The summed E-state index contributed by atoms with van der Waals surface area (Å²) in [6.07, 6.45) is 3.38. The molecule has 0 aromatic heterocycles. The van der Waals surface area contributed by atoms with Crippen molar-refractivity contribution in [2.75, 3.05) is 5.32 Å². The molecule has 2 rings (SSSR count). The van der Waals surface area contributed by atoms with Crippen molar-refractivity contribution in [3.05, 3.63) is 42.5 Å². The van der Waals surface area contributed by atoms with Crippen molar-refractivity contribution in [3.63, 3.8) is 0 Å². The topological polar surface area (TPSA) is 38.3 Å². The van der Waals surface area contributed by atoms with Gasteiger partial charge < -0.3 is 4.74 Å². The number of anilines is 1. The SMILES string of the molecule is CCCC(C)(CCC)OC(=O)Nc1cccc2ccccc12. The minimum atomic E-state index is -0.391. The first-order valence-corrected chi connectivity index (χ1v) is 8.06. The Labute approximate surface area is 132 Å². The minimum Gasteiger partial charge on any atom is -0.443 e. The zero-order valence-electron chi connectivity index (χ0n) is 13.7. The van der Waals surface area contributed by atoms with Gasteiger partial charge in [0.1, 0.15) is 5.60 Å². The van der Waals surface area contributed by atoms with Crippen molar-refractivity contribution >= 4 is 22.6 Å². The van der Waals surface area contributed by atoms with Gasteiger partial charge in [0.15, 0.2) is 0 Å². The molecule has 0 aliphatic rings. The van der Waals surface area contributed by atoms with Crippen molar-refractivity contribution in [1.82, 2.24) is 0 Å². The molecule has 118 valence electrons. The van der Waals surface area contributed by atoms with Crippen LogP contribution in [0.3, 0.4) is 0 Å². The molecular weight excluding hydrogens is 274 g/mol. The van der Waals surface area contributed by atoms with Gasteiger partial charge in [0.05, 0.1) is 5.69 Å². The van der Waals surface area contributed by atoms with Gasteiger partial charge in [-0.25, -0.2) is 4.79 Å². The zero-order chi connectivity index (χ0) is 16.0. The van der Waals surface area contributed by atoms with E-state index >= 15 is 0 Å². The molecule has 0 heterocycles. The molecule has 0 bridgehead atoms. The van der Waals surface area contributed by atoms with Crippen LogP contribution in [0.1, 0.15) is 46.5 Å². The Morgan fingerprint density at radius 1 is 1.05 bits per heavy atom. The van der Waals surface area contributed by atoms with Crippen LogP contribution >= 0.6 is 0 Å². The van der Waals surface area contributed by atoms with Crippen molar-refractivity contribution in [2.24, 2.45) is 0 Å². The summed E-state index contributed by atoms with van der Waals surface area (Å²) in [5.41, 5.74) is 0.400. The number of carbonyl (C=O) groups excluding carboxylic acids is 1. The number of nitrogens with one attached hydrogen (secondary N) is 1. The fourth-order valence-corrected chi connectivity index (χ4v) is 2.98. The van der Waals surface area contributed by atoms with Crippen LogP contribution in [0, 0.1) is 0 Å². The summed E-state index contributed by atoms with van der Waals surface area (Å²) < 4.78 is 5.72. The van der Waals surface area contributed by atoms with Crippen molar-refractivity contribution in [3.8, 4) is 0 Å². The van der Waals surface area contributed by atoms with Gasteiger partial charge >= 0.3 is 6.09 Å². The van der Waals surface area contributed by atoms with Crippen LogP contribution in [0.15, 0.2) is 42.5 Å². The van der Waals surface area contributed by atoms with E-state index in [-0.39, 0.29) is 6.09 Å². The highest BCUT2D eigenvalue weighted by molar-refractivity contribution is 6.00. The number of hydrogen-bond acceptors (Lipinski definition) is 2. The van der Waals surface area contributed by atoms with E-state index in [9.17, 15) is 4.79 Å². The number of amides is 1. The minimum absolute atomic E-state index is 0.374. The molecule has 3 heteroatoms. The summed E-state index contributed by atoms with van der Waals surface area (Å²) in [6, 6.07) is 13.9. The molecule has 1 N–H and O–H groups in total. The molecule has 0 aliphatic carbocycles. The Balaban J connectivity index is 2.13. The summed E-state index contributed by atoms with van der Waals surface area (Å²) in [7, 11) is 0. The molecule has 0 saturated heterocycles. The Kier molecular flexibility index (Phi) is 5.42. The van der Waals surface area contributed by atoms with E-state index in [4.69, 9.17) is 4.74 Å². The lowest BCUT2D eigenvalue weighted by Crippen LogP contribution is -2.33. The normalized spacial score (nSPS) is 11.4. The second-order valence-corrected chi connectivity index (χ2v) is 5.99. The van der Waals surface area contributed by atoms with Crippen LogP contribution in [0.4, 0.5) is 10.5 Å². The predicted molar refractivity (Wildman–Crippen MR) is 92.3 cm³/mol. The lowest BCUT2D eigenvalue weighted by molar-refractivity contribution is 0.0196. The third kappa shape index (κ3) is 4.00. The Morgan fingerprint density at radius 2 is 1.68 bits per heavy atom. The highest BCUT2D eigenvalue weighted by Gasteiger charge is 2.27. The van der Waals surface area contributed by atoms with Gasteiger partial charge in [-0.2, -0.15) is 0 Å². The molecule has 0 fully saturated rings. The lowest BCUT2D eigenvalue weighted by atomic mass is 9.95. The molecule has 0 aliphatic heterocycles. The Hall–Kier alpha value is -2.03. The Bertz CT molecular complexity index is 625. The first-order valence-electron chi connectivity index (χ1n) is 8.06. The second kappa shape index (κ2) is 7.30. The van der Waals surface area contributed by atoms with Gasteiger partial charge in [0.25, 0.3) is 0 Å². The second-order valence-electron chi connectivity index (χ2n) is 5.99. The van der Waals surface area contributed by atoms with Crippen LogP contribution in [-0.4, -0.2) is 11.7 Å². The van der Waals surface area contributed by atoms with E-state index in [0.29, 0.717) is 0 Å². The lowest BCUT2D eigenvalue weighted by Gasteiger charge is -2.29. The third-order valence-corrected chi connectivity index (χ3v) is 3.92. The quantitative estimate of drug-likeness (QED) is 0.737. The van der Waals surface area contributed by atoms with Gasteiger partial charge in [-0.15, -0.1) is 0 Å². The zero-order valence-corrected chi connectivity index (χ0v) is 13.7. The van der Waals surface area contributed by atoms with Gasteiger partial charge in [-0.3, -0.25) is 5.32 Å². The molecule has 2 aromatic rings. The summed E-state index contributed by atoms with van der Waals surface area (Å²) in [5, 5.41) is 5.02. The largest absolute Gasteiger partial charge is 0.443 e. The highest BCUT2D eigenvalue weighted by atomic mass is 16.6. The average molecular weight is 299 g/mol. The van der Waals surface area contributed by atoms with E-state index in [1.807, 2.05) is 49.4 Å². The maximum Gasteiger partial charge on any atom is 0.412 e. The molecule has 2 aromatic carbocycles. The molecule has 22 heavy (non-hydrogen) atoms. The van der Waals surface area contributed by atoms with Crippen LogP contribution < -0.4 is 5.32 Å². The van der Waals surface area contributed by atoms with E-state index in [2.05, 4.69) is 19.2 Å². The molecule has 1 amide bonds. The molecular formula is C19H25NO2. The van der Waals surface area contributed by atoms with E-state index < -0.39 is 5.60 Å². The third-order valence-electron chi connectivity index (χ3n) is 3.92. The van der Waals surface area contributed by atoms with Crippen LogP contribution in [-0.2, 0) is 4.74 Å². The number of rotatable bonds is 6. The average Bonchev–Trinajstić information content (AvgIpc) is 2.47. The highest BCUT2D eigenvalue weighted by Crippen LogP contribution is 2.26. The van der Waals surface area contributed by atoms with Crippen molar-refractivity contribution in [1.29, 1.82) is 0 Å². The standard InChI is InChI=1S/C19H25NO2/c1-4-13-19(3,14-5-2)22-18(21)20-17-12-8-10-15-9-6-7-11-16(15)17/h6-12H,4-5,13-14H2,1-3H3,(H,20,21). The van der Waals surface area contributed by atoms with Crippen LogP contribution in [0.2, 0.25) is 0 Å². The van der Waals surface area contributed by atoms with Crippen LogP contribution in [0.25, 0.3) is 10.8 Å². The maximum absolute atomic E-state index is 12.3. The molecule has 0 radical (unpaired) electrons. The van der Waals surface area contributed by atoms with E-state index in [0.717, 1.165) is 42.1 Å². The number of fused-ring (bicyclic) bond motifs is 1. The number of carbonyl (C=O) groups is 1. The molecule has 3 nitrogen and oxygen atoms in total. The monoisotopic (exact) mass is 299 g/mol. The molecule has 0 saturated carbocycles. The summed E-state index contributed by atoms with van der Waals surface area (Å²) in [6.45, 7) is 6.24. The molecule has 0 atom stereocenters. The first-order chi connectivity index (χ1) is 10.6. The van der Waals surface area contributed by atoms with E-state index in [1.165, 1.54) is 0 Å². The van der Waals surface area contributed by atoms with Gasteiger partial charge in [0.2, 0.25) is 0 Å². The fourth-order valence-electron chi connectivity index (χ4n) is 2.98. The van der Waals surface area contributed by atoms with Gasteiger partial charge in [0, 0.05) is 5.39 Å². The summed E-state index contributed by atoms with van der Waals surface area (Å²) in [5.74, 6) is 0.